The van der Waals surface area contributed by atoms with E-state index >= 15 is 0 Å². The lowest BCUT2D eigenvalue weighted by molar-refractivity contribution is -0.674. The summed E-state index contributed by atoms with van der Waals surface area (Å²) in [4.78, 5) is 0. The molecule has 4 aromatic rings. The highest BCUT2D eigenvalue weighted by molar-refractivity contribution is 6.50. The van der Waals surface area contributed by atoms with Gasteiger partial charge < -0.3 is 17.3 Å². The molecule has 158 valence electrons. The largest absolute Gasteiger partial charge is 0.673 e. The Balaban J connectivity index is 0.000000418. The molecule has 0 radical (unpaired) electrons. The quantitative estimate of drug-likeness (QED) is 0.187. The first-order valence-electron chi connectivity index (χ1n) is 10.3. The third-order valence-corrected chi connectivity index (χ3v) is 5.60. The lowest BCUT2D eigenvalue weighted by Gasteiger charge is -2.23. The third kappa shape index (κ3) is 4.79. The molecule has 0 aliphatic carbocycles. The average Bonchev–Trinajstić information content (AvgIpc) is 2.74. The monoisotopic (exact) mass is 423 g/mol. The number of halogens is 4. The summed E-state index contributed by atoms with van der Waals surface area (Å²) in [6.07, 6.45) is 3.43. The van der Waals surface area contributed by atoms with Crippen LogP contribution in [0.3, 0.4) is 0 Å². The Morgan fingerprint density at radius 2 is 1.45 bits per heavy atom. The number of aromatic nitrogens is 1. The summed E-state index contributed by atoms with van der Waals surface area (Å²) in [5, 5.41) is 1.37. The fourth-order valence-electron chi connectivity index (χ4n) is 4.44. The molecule has 6 heteroatoms. The lowest BCUT2D eigenvalue weighted by Crippen LogP contribution is -2.39. The van der Waals surface area contributed by atoms with Crippen molar-refractivity contribution in [1.29, 1.82) is 0 Å². The summed E-state index contributed by atoms with van der Waals surface area (Å²) < 4.78 is 41.4. The van der Waals surface area contributed by atoms with Crippen LogP contribution >= 0.6 is 0 Å². The van der Waals surface area contributed by atoms with E-state index in [1.165, 1.54) is 38.7 Å². The van der Waals surface area contributed by atoms with Gasteiger partial charge >= 0.3 is 7.25 Å². The van der Waals surface area contributed by atoms with Crippen LogP contribution in [0, 0.1) is 6.92 Å². The summed E-state index contributed by atoms with van der Waals surface area (Å²) >= 11 is 0. The molecule has 0 fully saturated rings. The molecule has 3 aromatic carbocycles. The Kier molecular flexibility index (Phi) is 5.81. The van der Waals surface area contributed by atoms with Gasteiger partial charge in [-0.2, -0.15) is 4.57 Å². The topological polar surface area (TPSA) is 3.88 Å². The Labute approximate surface area is 179 Å². The molecule has 0 amide bonds. The number of nitrogens with zero attached hydrogens (tertiary/aromatic N) is 1. The van der Waals surface area contributed by atoms with Crippen molar-refractivity contribution in [3.63, 3.8) is 0 Å². The molecular formula is C25H22BF4N. The van der Waals surface area contributed by atoms with Crippen LogP contribution in [-0.2, 0) is 6.54 Å². The maximum atomic E-state index is 9.75. The molecule has 0 N–H and O–H groups in total. The fourth-order valence-corrected chi connectivity index (χ4v) is 4.44. The normalized spacial score (nSPS) is 15.3. The Bertz CT molecular complexity index is 1190. The maximum absolute atomic E-state index is 9.75. The van der Waals surface area contributed by atoms with Crippen LogP contribution < -0.4 is 4.57 Å². The van der Waals surface area contributed by atoms with Crippen LogP contribution in [0.5, 0.6) is 0 Å². The first-order chi connectivity index (χ1) is 14.8. The third-order valence-electron chi connectivity index (χ3n) is 5.60. The SMILES string of the molecule is Cc1cc2c3c(c1)c(-c1ccccc1)cc[n+]3CCC2c1ccccc1.F[B-](F)(F)F. The Morgan fingerprint density at radius 1 is 0.839 bits per heavy atom. The second-order valence-electron chi connectivity index (χ2n) is 7.79. The van der Waals surface area contributed by atoms with E-state index < -0.39 is 7.25 Å². The van der Waals surface area contributed by atoms with Crippen molar-refractivity contribution in [3.8, 4) is 11.1 Å². The van der Waals surface area contributed by atoms with Gasteiger partial charge in [-0.25, -0.2) is 0 Å². The predicted molar refractivity (Wildman–Crippen MR) is 117 cm³/mol. The van der Waals surface area contributed by atoms with Gasteiger partial charge in [-0.05, 0) is 35.7 Å². The van der Waals surface area contributed by atoms with E-state index in [4.69, 9.17) is 0 Å². The van der Waals surface area contributed by atoms with Gasteiger partial charge in [0.15, 0.2) is 6.20 Å². The van der Waals surface area contributed by atoms with Gasteiger partial charge in [-0.15, -0.1) is 0 Å². The number of hydrogen-bond donors (Lipinski definition) is 0. The maximum Gasteiger partial charge on any atom is 0.673 e. The van der Waals surface area contributed by atoms with Gasteiger partial charge in [-0.3, -0.25) is 0 Å². The van der Waals surface area contributed by atoms with Crippen LogP contribution in [0.2, 0.25) is 0 Å². The zero-order valence-corrected chi connectivity index (χ0v) is 17.1. The molecule has 0 bridgehead atoms. The van der Waals surface area contributed by atoms with Gasteiger partial charge in [0, 0.05) is 29.5 Å². The number of aryl methyl sites for hydroxylation is 2. The van der Waals surface area contributed by atoms with E-state index in [2.05, 4.69) is 96.6 Å². The lowest BCUT2D eigenvalue weighted by atomic mass is 9.83. The first-order valence-corrected chi connectivity index (χ1v) is 10.3. The van der Waals surface area contributed by atoms with Crippen molar-refractivity contribution >= 4 is 18.2 Å². The fraction of sp³-hybridized carbons (Fsp3) is 0.160. The molecule has 5 rings (SSSR count). The van der Waals surface area contributed by atoms with Gasteiger partial charge in [0.2, 0.25) is 5.52 Å². The number of hydrogen-bond acceptors (Lipinski definition) is 0. The summed E-state index contributed by atoms with van der Waals surface area (Å²) in [6.45, 7) is 3.29. The van der Waals surface area contributed by atoms with Crippen molar-refractivity contribution in [2.75, 3.05) is 0 Å². The van der Waals surface area contributed by atoms with Gasteiger partial charge in [0.1, 0.15) is 6.54 Å². The molecule has 0 saturated heterocycles. The highest BCUT2D eigenvalue weighted by Crippen LogP contribution is 2.38. The Morgan fingerprint density at radius 3 is 2.10 bits per heavy atom. The second-order valence-corrected chi connectivity index (χ2v) is 7.79. The Hall–Kier alpha value is -3.15. The number of rotatable bonds is 2. The van der Waals surface area contributed by atoms with E-state index in [0.717, 1.165) is 13.0 Å². The summed E-state index contributed by atoms with van der Waals surface area (Å²) in [5.41, 5.74) is 8.25. The highest BCUT2D eigenvalue weighted by Gasteiger charge is 2.30. The average molecular weight is 423 g/mol. The van der Waals surface area contributed by atoms with Crippen molar-refractivity contribution in [2.45, 2.75) is 25.8 Å². The number of pyridine rings is 1. The van der Waals surface area contributed by atoms with Crippen LogP contribution in [0.25, 0.3) is 22.0 Å². The molecular weight excluding hydrogens is 401 g/mol. The van der Waals surface area contributed by atoms with Crippen LogP contribution in [0.4, 0.5) is 17.3 Å². The first kappa shape index (κ1) is 21.1. The van der Waals surface area contributed by atoms with Crippen molar-refractivity contribution in [1.82, 2.24) is 0 Å². The van der Waals surface area contributed by atoms with Gasteiger partial charge in [-0.1, -0.05) is 60.7 Å². The van der Waals surface area contributed by atoms with E-state index in [1.54, 1.807) is 0 Å². The number of benzene rings is 3. The summed E-state index contributed by atoms with van der Waals surface area (Å²) in [6, 6.07) is 28.7. The smallest absolute Gasteiger partial charge is 0.418 e. The molecule has 31 heavy (non-hydrogen) atoms. The minimum absolute atomic E-state index is 0.477. The van der Waals surface area contributed by atoms with Crippen LogP contribution in [0.1, 0.15) is 29.0 Å². The molecule has 1 aliphatic heterocycles. The summed E-state index contributed by atoms with van der Waals surface area (Å²) in [7, 11) is -6.00. The summed E-state index contributed by atoms with van der Waals surface area (Å²) in [5.74, 6) is 0.477. The molecule has 1 nitrogen and oxygen atoms in total. The van der Waals surface area contributed by atoms with Crippen molar-refractivity contribution in [2.24, 2.45) is 0 Å². The second kappa shape index (κ2) is 8.54. The zero-order chi connectivity index (χ0) is 22.0. The van der Waals surface area contributed by atoms with Gasteiger partial charge in [0.05, 0.1) is 5.39 Å². The molecule has 1 atom stereocenters. The van der Waals surface area contributed by atoms with Crippen molar-refractivity contribution < 1.29 is 21.8 Å². The van der Waals surface area contributed by atoms with Crippen LogP contribution in [-0.4, -0.2) is 7.25 Å². The highest BCUT2D eigenvalue weighted by atomic mass is 19.5. The zero-order valence-electron chi connectivity index (χ0n) is 17.1. The van der Waals surface area contributed by atoms with E-state index in [0.29, 0.717) is 5.92 Å². The van der Waals surface area contributed by atoms with Crippen LogP contribution in [0.15, 0.2) is 85.1 Å². The minimum Gasteiger partial charge on any atom is -0.418 e. The molecule has 0 spiro atoms. The molecule has 1 aromatic heterocycles. The van der Waals surface area contributed by atoms with E-state index in [1.807, 2.05) is 0 Å². The molecule has 0 saturated carbocycles. The predicted octanol–water partition coefficient (Wildman–Crippen LogP) is 6.94. The standard InChI is InChI=1S/C25H22N.BF4/c1-18-16-23-21(19-8-4-2-5-9-19)12-14-26-15-13-22(24(17-18)25(23)26)20-10-6-3-7-11-20;2-1(3,4)5/h2-12,14,16-17,22H,13,15H2,1H3;/q+1;-1. The van der Waals surface area contributed by atoms with E-state index in [9.17, 15) is 17.3 Å². The van der Waals surface area contributed by atoms with E-state index in [-0.39, 0.29) is 0 Å². The van der Waals surface area contributed by atoms with Gasteiger partial charge in [0.25, 0.3) is 0 Å². The minimum atomic E-state index is -6.00. The van der Waals surface area contributed by atoms with Crippen molar-refractivity contribution in [3.05, 3.63) is 102 Å². The molecule has 2 heterocycles. The molecule has 1 unspecified atom stereocenters. The molecule has 1 aliphatic rings.